The molecule has 10 heteroatoms. The molecule has 0 fully saturated rings. The molecule has 0 aliphatic heterocycles. The molecule has 0 amide bonds. The van der Waals surface area contributed by atoms with Gasteiger partial charge in [0.25, 0.3) is 0 Å². The normalized spacial score (nSPS) is 11.9. The standard InChI is InChI=1S/C10H6ClF6NOS/c11-8(10(15,16)17)20-18-6-2-1-3-7(4-6)19-5-9(12,13)14/h1-4H,5H2. The lowest BCUT2D eigenvalue weighted by atomic mass is 10.3. The van der Waals surface area contributed by atoms with Gasteiger partial charge in [-0.2, -0.15) is 30.7 Å². The summed E-state index contributed by atoms with van der Waals surface area (Å²) in [5, 5.41) is 0. The predicted octanol–water partition coefficient (Wildman–Crippen LogP) is 4.46. The van der Waals surface area contributed by atoms with Gasteiger partial charge in [0.2, 0.25) is 0 Å². The van der Waals surface area contributed by atoms with Gasteiger partial charge in [-0.25, -0.2) is 0 Å². The van der Waals surface area contributed by atoms with Gasteiger partial charge in [-0.3, -0.25) is 0 Å². The van der Waals surface area contributed by atoms with Crippen LogP contribution in [-0.4, -0.2) is 23.3 Å². The minimum Gasteiger partial charge on any atom is -0.484 e. The highest BCUT2D eigenvalue weighted by Crippen LogP contribution is 2.23. The summed E-state index contributed by atoms with van der Waals surface area (Å²) >= 11 is 4.92. The van der Waals surface area contributed by atoms with E-state index in [9.17, 15) is 26.3 Å². The van der Waals surface area contributed by atoms with Crippen LogP contribution in [0.15, 0.2) is 28.6 Å². The van der Waals surface area contributed by atoms with Gasteiger partial charge in [0, 0.05) is 6.07 Å². The van der Waals surface area contributed by atoms with Crippen LogP contribution >= 0.6 is 11.6 Å². The second-order valence-electron chi connectivity index (χ2n) is 3.36. The third-order valence-electron chi connectivity index (χ3n) is 1.67. The average Bonchev–Trinajstić information content (AvgIpc) is 2.32. The maximum Gasteiger partial charge on any atom is 0.437 e. The number of rotatable bonds is 3. The molecule has 1 aromatic carbocycles. The molecule has 20 heavy (non-hydrogen) atoms. The fourth-order valence-corrected chi connectivity index (χ4v) is 1.45. The molecule has 1 rings (SSSR count). The van der Waals surface area contributed by atoms with E-state index < -0.39 is 23.3 Å². The van der Waals surface area contributed by atoms with E-state index in [0.29, 0.717) is 0 Å². The molecule has 0 N–H and O–H groups in total. The van der Waals surface area contributed by atoms with Crippen molar-refractivity contribution in [1.29, 1.82) is 0 Å². The van der Waals surface area contributed by atoms with Gasteiger partial charge in [0.05, 0.1) is 5.69 Å². The Hall–Kier alpha value is -1.22. The summed E-state index contributed by atoms with van der Waals surface area (Å²) in [6, 6.07) is 4.89. The van der Waals surface area contributed by atoms with E-state index in [2.05, 4.69) is 9.10 Å². The Bertz CT molecular complexity index is 535. The van der Waals surface area contributed by atoms with Crippen molar-refractivity contribution in [2.24, 2.45) is 4.36 Å². The Labute approximate surface area is 118 Å². The van der Waals surface area contributed by atoms with Gasteiger partial charge in [0.15, 0.2) is 10.9 Å². The molecule has 0 aliphatic rings. The van der Waals surface area contributed by atoms with Crippen molar-refractivity contribution in [2.75, 3.05) is 6.61 Å². The van der Waals surface area contributed by atoms with Crippen molar-refractivity contribution in [1.82, 2.24) is 0 Å². The van der Waals surface area contributed by atoms with Crippen LogP contribution in [0.2, 0.25) is 0 Å². The summed E-state index contributed by atoms with van der Waals surface area (Å²) in [6.45, 7) is -1.50. The molecule has 0 spiro atoms. The molecule has 1 aromatic rings. The topological polar surface area (TPSA) is 21.6 Å². The third-order valence-corrected chi connectivity index (χ3v) is 2.79. The summed E-state index contributed by atoms with van der Waals surface area (Å²) in [6.07, 6.45) is -9.21. The van der Waals surface area contributed by atoms with Crippen LogP contribution < -0.4 is 4.74 Å². The fourth-order valence-electron chi connectivity index (χ4n) is 0.940. The molecule has 0 aromatic heterocycles. The quantitative estimate of drug-likeness (QED) is 0.453. The monoisotopic (exact) mass is 337 g/mol. The van der Waals surface area contributed by atoms with Crippen LogP contribution in [0.1, 0.15) is 0 Å². The smallest absolute Gasteiger partial charge is 0.437 e. The number of hydrogen-bond donors (Lipinski definition) is 0. The molecular weight excluding hydrogens is 332 g/mol. The van der Waals surface area contributed by atoms with Gasteiger partial charge in [-0.1, -0.05) is 17.7 Å². The van der Waals surface area contributed by atoms with Gasteiger partial charge in [-0.05, 0) is 23.3 Å². The van der Waals surface area contributed by atoms with Crippen molar-refractivity contribution in [3.8, 4) is 5.75 Å². The highest BCUT2D eigenvalue weighted by molar-refractivity contribution is 7.72. The SMILES string of the molecule is FC(F)(F)COc1cccc(N=S=C(Cl)C(F)(F)F)c1. The Balaban J connectivity index is 2.87. The first-order chi connectivity index (χ1) is 9.08. The molecule has 0 radical (unpaired) electrons. The van der Waals surface area contributed by atoms with Crippen molar-refractivity contribution >= 4 is 32.8 Å². The lowest BCUT2D eigenvalue weighted by Crippen LogP contribution is -2.19. The van der Waals surface area contributed by atoms with Crippen molar-refractivity contribution in [3.63, 3.8) is 0 Å². The van der Waals surface area contributed by atoms with Crippen LogP contribution in [0, 0.1) is 0 Å². The summed E-state index contributed by atoms with van der Waals surface area (Å²) in [4.78, 5) is 0. The summed E-state index contributed by atoms with van der Waals surface area (Å²) in [5.74, 6) is -0.160. The number of hydrogen-bond acceptors (Lipinski definition) is 2. The number of nitrogens with zero attached hydrogens (tertiary/aromatic N) is 1. The molecule has 2 nitrogen and oxygen atoms in total. The largest absolute Gasteiger partial charge is 0.484 e. The van der Waals surface area contributed by atoms with Crippen LogP contribution in [-0.2, 0) is 11.1 Å². The highest BCUT2D eigenvalue weighted by Gasteiger charge is 2.33. The van der Waals surface area contributed by atoms with E-state index in [1.807, 2.05) is 0 Å². The minimum absolute atomic E-state index is 0.00271. The summed E-state index contributed by atoms with van der Waals surface area (Å²) in [5.41, 5.74) is -0.00271. The van der Waals surface area contributed by atoms with Gasteiger partial charge in [-0.15, -0.1) is 0 Å². The molecule has 0 aliphatic carbocycles. The number of alkyl halides is 6. The molecule has 0 saturated heterocycles. The Kier molecular flexibility index (Phi) is 5.46. The first-order valence-electron chi connectivity index (χ1n) is 4.85. The van der Waals surface area contributed by atoms with E-state index in [1.54, 1.807) is 0 Å². The molecule has 112 valence electrons. The minimum atomic E-state index is -4.71. The number of halogens is 7. The van der Waals surface area contributed by atoms with E-state index in [1.165, 1.54) is 18.2 Å². The fraction of sp³-hybridized carbons (Fsp3) is 0.300. The Morgan fingerprint density at radius 1 is 1.20 bits per heavy atom. The van der Waals surface area contributed by atoms with Crippen LogP contribution in [0.25, 0.3) is 0 Å². The van der Waals surface area contributed by atoms with Crippen molar-refractivity contribution in [3.05, 3.63) is 24.3 Å². The zero-order valence-electron chi connectivity index (χ0n) is 9.43. The molecule has 0 bridgehead atoms. The zero-order chi connectivity index (χ0) is 15.4. The summed E-state index contributed by atoms with van der Waals surface area (Å²) < 4.78 is 78.5. The van der Waals surface area contributed by atoms with Crippen LogP contribution in [0.3, 0.4) is 0 Å². The highest BCUT2D eigenvalue weighted by atomic mass is 35.5. The van der Waals surface area contributed by atoms with Crippen molar-refractivity contribution in [2.45, 2.75) is 12.4 Å². The second kappa shape index (κ2) is 6.49. The van der Waals surface area contributed by atoms with Crippen molar-refractivity contribution < 1.29 is 31.1 Å². The Morgan fingerprint density at radius 3 is 2.40 bits per heavy atom. The van der Waals surface area contributed by atoms with Gasteiger partial charge < -0.3 is 4.74 Å². The number of ether oxygens (including phenoxy) is 1. The Morgan fingerprint density at radius 2 is 1.85 bits per heavy atom. The van der Waals surface area contributed by atoms with Gasteiger partial charge >= 0.3 is 12.4 Å². The third kappa shape index (κ3) is 6.29. The number of benzene rings is 1. The zero-order valence-corrected chi connectivity index (χ0v) is 11.0. The first kappa shape index (κ1) is 16.8. The molecule has 0 atom stereocenters. The van der Waals surface area contributed by atoms with E-state index in [0.717, 1.165) is 6.07 Å². The van der Waals surface area contributed by atoms with Crippen LogP contribution in [0.4, 0.5) is 32.0 Å². The second-order valence-corrected chi connectivity index (χ2v) is 4.73. The van der Waals surface area contributed by atoms with Gasteiger partial charge in [0.1, 0.15) is 5.75 Å². The lowest BCUT2D eigenvalue weighted by molar-refractivity contribution is -0.153. The summed E-state index contributed by atoms with van der Waals surface area (Å²) in [7, 11) is 0. The van der Waals surface area contributed by atoms with Crippen LogP contribution in [0.5, 0.6) is 5.75 Å². The molecule has 0 unspecified atom stereocenters. The lowest BCUT2D eigenvalue weighted by Gasteiger charge is -2.08. The predicted molar refractivity (Wildman–Crippen MR) is 64.4 cm³/mol. The molecule has 0 heterocycles. The van der Waals surface area contributed by atoms with E-state index in [4.69, 9.17) is 11.6 Å². The first-order valence-corrected chi connectivity index (χ1v) is 6.00. The molecule has 0 saturated carbocycles. The average molecular weight is 338 g/mol. The van der Waals surface area contributed by atoms with E-state index >= 15 is 0 Å². The maximum atomic E-state index is 12.1. The molecular formula is C10H6ClF6NOS. The van der Waals surface area contributed by atoms with E-state index in [-0.39, 0.29) is 22.6 Å². The maximum absolute atomic E-state index is 12.1.